The van der Waals surface area contributed by atoms with Gasteiger partial charge in [-0.25, -0.2) is 4.79 Å². The number of rotatable bonds is 4. The summed E-state index contributed by atoms with van der Waals surface area (Å²) in [6.07, 6.45) is 4.77. The Morgan fingerprint density at radius 2 is 2.40 bits per heavy atom. The molecule has 0 saturated heterocycles. The van der Waals surface area contributed by atoms with Crippen LogP contribution in [0.1, 0.15) is 5.56 Å². The molecule has 2 rings (SSSR count). The van der Waals surface area contributed by atoms with E-state index in [9.17, 15) is 4.79 Å². The van der Waals surface area contributed by atoms with Crippen molar-refractivity contribution < 1.29 is 14.3 Å². The van der Waals surface area contributed by atoms with Crippen LogP contribution in [0.25, 0.3) is 6.08 Å². The van der Waals surface area contributed by atoms with E-state index < -0.39 is 5.97 Å². The number of hydrogen-bond donors (Lipinski definition) is 0. The summed E-state index contributed by atoms with van der Waals surface area (Å²) in [4.78, 5) is 10.7. The van der Waals surface area contributed by atoms with Crippen molar-refractivity contribution >= 4 is 12.0 Å². The molecule has 1 aromatic rings. The Morgan fingerprint density at radius 3 is 3.20 bits per heavy atom. The quantitative estimate of drug-likeness (QED) is 0.434. The van der Waals surface area contributed by atoms with Crippen molar-refractivity contribution in [1.29, 1.82) is 0 Å². The molecule has 0 spiro atoms. The number of ether oxygens (including phenoxy) is 2. The maximum absolute atomic E-state index is 10.7. The second kappa shape index (κ2) is 4.00. The van der Waals surface area contributed by atoms with Crippen LogP contribution >= 0.6 is 0 Å². The van der Waals surface area contributed by atoms with E-state index >= 15 is 0 Å². The van der Waals surface area contributed by atoms with Gasteiger partial charge in [-0.15, -0.1) is 0 Å². The minimum Gasteiger partial charge on any atom is -0.458 e. The molecular formula is C12H10O3. The maximum atomic E-state index is 10.7. The lowest BCUT2D eigenvalue weighted by Gasteiger charge is -1.94. The van der Waals surface area contributed by atoms with Gasteiger partial charge in [-0.2, -0.15) is 0 Å². The van der Waals surface area contributed by atoms with Crippen LogP contribution in [0.4, 0.5) is 0 Å². The first-order chi connectivity index (χ1) is 7.31. The number of hydrogen-bond acceptors (Lipinski definition) is 3. The zero-order valence-corrected chi connectivity index (χ0v) is 8.10. The van der Waals surface area contributed by atoms with E-state index in [0.29, 0.717) is 0 Å². The van der Waals surface area contributed by atoms with Gasteiger partial charge in [0.15, 0.2) is 11.5 Å². The van der Waals surface area contributed by atoms with Crippen molar-refractivity contribution in [2.75, 3.05) is 6.61 Å². The van der Waals surface area contributed by atoms with Crippen molar-refractivity contribution in [3.63, 3.8) is 0 Å². The number of carbonyl (C=O) groups is 1. The van der Waals surface area contributed by atoms with Crippen LogP contribution < -0.4 is 4.74 Å². The summed E-state index contributed by atoms with van der Waals surface area (Å²) >= 11 is 0. The number of fused-ring (bicyclic) bond motifs is 1. The summed E-state index contributed by atoms with van der Waals surface area (Å²) < 4.78 is 9.98. The Morgan fingerprint density at radius 1 is 1.53 bits per heavy atom. The lowest BCUT2D eigenvalue weighted by atomic mass is 10.2. The summed E-state index contributed by atoms with van der Waals surface area (Å²) in [5.74, 6) is 1.41. The molecule has 1 aliphatic rings. The van der Waals surface area contributed by atoms with Crippen molar-refractivity contribution in [1.82, 2.24) is 0 Å². The number of benzene rings is 1. The van der Waals surface area contributed by atoms with Gasteiger partial charge < -0.3 is 9.47 Å². The fraction of sp³-hybridized carbons (Fsp3) is 0.0833. The summed E-state index contributed by atoms with van der Waals surface area (Å²) in [6.45, 7) is 3.55. The average Bonchev–Trinajstić information content (AvgIpc) is 3.03. The molecule has 0 saturated carbocycles. The molecule has 3 nitrogen and oxygen atoms in total. The van der Waals surface area contributed by atoms with E-state index in [1.54, 1.807) is 6.08 Å². The fourth-order valence-electron chi connectivity index (χ4n) is 1.21. The van der Waals surface area contributed by atoms with Gasteiger partial charge in [-0.3, -0.25) is 0 Å². The Labute approximate surface area is 87.6 Å². The molecular weight excluding hydrogens is 192 g/mol. The van der Waals surface area contributed by atoms with Crippen LogP contribution in [0.15, 0.2) is 36.9 Å². The number of carbonyl (C=O) groups excluding carboxylic acids is 1. The molecule has 0 unspecified atom stereocenters. The third-order valence-corrected chi connectivity index (χ3v) is 1.97. The van der Waals surface area contributed by atoms with Crippen LogP contribution in [0.2, 0.25) is 0 Å². The predicted molar refractivity (Wildman–Crippen MR) is 56.7 cm³/mol. The first-order valence-corrected chi connectivity index (χ1v) is 4.58. The van der Waals surface area contributed by atoms with E-state index in [1.807, 2.05) is 24.3 Å². The summed E-state index contributed by atoms with van der Waals surface area (Å²) in [6, 6.07) is 5.77. The summed E-state index contributed by atoms with van der Waals surface area (Å²) in [5, 5.41) is 0. The average molecular weight is 202 g/mol. The van der Waals surface area contributed by atoms with Gasteiger partial charge >= 0.3 is 5.97 Å². The van der Waals surface area contributed by atoms with Crippen LogP contribution in [-0.2, 0) is 9.53 Å². The normalized spacial score (nSPS) is 11.7. The highest BCUT2D eigenvalue weighted by Gasteiger charge is 2.21. The van der Waals surface area contributed by atoms with E-state index in [2.05, 4.69) is 6.58 Å². The van der Waals surface area contributed by atoms with Gasteiger partial charge in [0.2, 0.25) is 0 Å². The molecule has 0 aromatic heterocycles. The van der Waals surface area contributed by atoms with Gasteiger partial charge in [0.1, 0.15) is 6.61 Å². The Kier molecular flexibility index (Phi) is 2.54. The molecule has 0 amide bonds. The highest BCUT2D eigenvalue weighted by molar-refractivity contribution is 5.81. The zero-order chi connectivity index (χ0) is 10.7. The van der Waals surface area contributed by atoms with Crippen molar-refractivity contribution in [2.24, 2.45) is 0 Å². The first-order valence-electron chi connectivity index (χ1n) is 4.58. The molecule has 1 aliphatic heterocycles. The van der Waals surface area contributed by atoms with Crippen LogP contribution in [0.5, 0.6) is 11.5 Å². The predicted octanol–water partition coefficient (Wildman–Crippen LogP) is 2.53. The minimum atomic E-state index is -0.417. The van der Waals surface area contributed by atoms with E-state index in [-0.39, 0.29) is 6.61 Å². The third-order valence-electron chi connectivity index (χ3n) is 1.97. The van der Waals surface area contributed by atoms with E-state index in [0.717, 1.165) is 23.1 Å². The molecule has 0 atom stereocenters. The smallest absolute Gasteiger partial charge is 0.330 e. The second-order valence-corrected chi connectivity index (χ2v) is 3.01. The molecule has 1 aromatic carbocycles. The van der Waals surface area contributed by atoms with Gasteiger partial charge in [0, 0.05) is 11.6 Å². The maximum Gasteiger partial charge on any atom is 0.330 e. The van der Waals surface area contributed by atoms with Gasteiger partial charge in [-0.1, -0.05) is 24.8 Å². The fourth-order valence-corrected chi connectivity index (χ4v) is 1.21. The molecule has 76 valence electrons. The standard InChI is InChI=1S/C12H10O3/c1-2-11(13)14-8-4-6-9-5-3-7-10-12(9)15-10/h2-7H,1,8H2. The highest BCUT2D eigenvalue weighted by Crippen LogP contribution is 2.48. The number of esters is 1. The van der Waals surface area contributed by atoms with Crippen LogP contribution in [0, 0.1) is 0 Å². The SMILES string of the molecule is C=CC(=O)OCC=Cc1cccc2c1O2. The Hall–Kier alpha value is -2.03. The number of para-hydroxylation sites is 1. The summed E-state index contributed by atoms with van der Waals surface area (Å²) in [7, 11) is 0. The van der Waals surface area contributed by atoms with Crippen molar-refractivity contribution in [2.45, 2.75) is 0 Å². The Balaban J connectivity index is 1.88. The minimum absolute atomic E-state index is 0.245. The molecule has 15 heavy (non-hydrogen) atoms. The highest BCUT2D eigenvalue weighted by atomic mass is 16.6. The zero-order valence-electron chi connectivity index (χ0n) is 8.10. The Bertz CT molecular complexity index is 432. The van der Waals surface area contributed by atoms with Crippen molar-refractivity contribution in [3.05, 3.63) is 42.5 Å². The topological polar surface area (TPSA) is 38.8 Å². The lowest BCUT2D eigenvalue weighted by molar-refractivity contribution is -0.136. The lowest BCUT2D eigenvalue weighted by Crippen LogP contribution is -1.98. The van der Waals surface area contributed by atoms with Crippen LogP contribution in [0.3, 0.4) is 0 Å². The van der Waals surface area contributed by atoms with Gasteiger partial charge in [0.25, 0.3) is 0 Å². The first kappa shape index (κ1) is 9.52. The molecule has 0 radical (unpaired) electrons. The monoisotopic (exact) mass is 202 g/mol. The molecule has 3 heteroatoms. The van der Waals surface area contributed by atoms with E-state index in [4.69, 9.17) is 9.47 Å². The van der Waals surface area contributed by atoms with Crippen molar-refractivity contribution in [3.8, 4) is 11.5 Å². The molecule has 0 bridgehead atoms. The second-order valence-electron chi connectivity index (χ2n) is 3.01. The van der Waals surface area contributed by atoms with Crippen LogP contribution in [-0.4, -0.2) is 12.6 Å². The molecule has 0 fully saturated rings. The van der Waals surface area contributed by atoms with E-state index in [1.165, 1.54) is 0 Å². The summed E-state index contributed by atoms with van der Waals surface area (Å²) in [5.41, 5.74) is 1.00. The molecule has 0 aliphatic carbocycles. The molecule has 0 N–H and O–H groups in total. The van der Waals surface area contributed by atoms with Gasteiger partial charge in [-0.05, 0) is 12.1 Å². The van der Waals surface area contributed by atoms with Gasteiger partial charge in [0.05, 0.1) is 0 Å². The third kappa shape index (κ3) is 2.26. The largest absolute Gasteiger partial charge is 0.458 e. The molecule has 1 heterocycles.